The number of hydrogen-bond acceptors (Lipinski definition) is 5. The highest BCUT2D eigenvalue weighted by molar-refractivity contribution is 7.99. The Morgan fingerprint density at radius 3 is 2.76 bits per heavy atom. The molecule has 0 spiro atoms. The average Bonchev–Trinajstić information content (AvgIpc) is 2.55. The zero-order valence-corrected chi connectivity index (χ0v) is 11.5. The summed E-state index contributed by atoms with van der Waals surface area (Å²) >= 11 is 1.12. The maximum atomic E-state index is 11.2. The van der Waals surface area contributed by atoms with Gasteiger partial charge in [-0.2, -0.15) is 0 Å². The highest BCUT2D eigenvalue weighted by Gasteiger charge is 2.17. The first-order chi connectivity index (χ1) is 7.91. The van der Waals surface area contributed by atoms with Gasteiger partial charge in [0.2, 0.25) is 0 Å². The molecule has 0 aliphatic rings. The third-order valence-corrected chi connectivity index (χ3v) is 3.96. The minimum absolute atomic E-state index is 0.00729. The van der Waals surface area contributed by atoms with E-state index in [2.05, 4.69) is 10.2 Å². The number of rotatable bonds is 6. The highest BCUT2D eigenvalue weighted by Crippen LogP contribution is 2.21. The third kappa shape index (κ3) is 4.12. The van der Waals surface area contributed by atoms with E-state index in [1.54, 1.807) is 13.2 Å². The molecule has 0 aliphatic carbocycles. The summed E-state index contributed by atoms with van der Waals surface area (Å²) in [7, 11) is -0.912. The second kappa shape index (κ2) is 6.15. The standard InChI is InChI=1S/C9H15N3O3S2/c1-6(5-17(3)15)12-7(2)10-11-9(12)16-4-8(13)14/h6H,4-5H2,1-3H3,(H,13,14). The van der Waals surface area contributed by atoms with Gasteiger partial charge in [-0.15, -0.1) is 10.2 Å². The van der Waals surface area contributed by atoms with E-state index >= 15 is 0 Å². The van der Waals surface area contributed by atoms with Crippen molar-refractivity contribution in [2.45, 2.75) is 25.0 Å². The van der Waals surface area contributed by atoms with Gasteiger partial charge in [0.1, 0.15) is 5.82 Å². The van der Waals surface area contributed by atoms with E-state index in [1.165, 1.54) is 0 Å². The molecule has 6 nitrogen and oxygen atoms in total. The van der Waals surface area contributed by atoms with Gasteiger partial charge in [-0.25, -0.2) is 0 Å². The largest absolute Gasteiger partial charge is 0.481 e. The van der Waals surface area contributed by atoms with Gasteiger partial charge >= 0.3 is 5.97 Å². The van der Waals surface area contributed by atoms with Crippen molar-refractivity contribution in [2.75, 3.05) is 17.8 Å². The lowest BCUT2D eigenvalue weighted by molar-refractivity contribution is -0.133. The average molecular weight is 277 g/mol. The summed E-state index contributed by atoms with van der Waals surface area (Å²) in [5, 5.41) is 17.0. The molecule has 0 bridgehead atoms. The third-order valence-electron chi connectivity index (χ3n) is 2.08. The number of carboxylic acid groups (broad SMARTS) is 1. The van der Waals surface area contributed by atoms with Crippen LogP contribution in [0.2, 0.25) is 0 Å². The molecule has 1 aromatic rings. The summed E-state index contributed by atoms with van der Waals surface area (Å²) in [5.74, 6) is 0.254. The molecule has 0 aliphatic heterocycles. The van der Waals surface area contributed by atoms with Crippen molar-refractivity contribution in [1.29, 1.82) is 0 Å². The minimum atomic E-state index is -0.912. The van der Waals surface area contributed by atoms with Crippen LogP contribution in [0.3, 0.4) is 0 Å². The van der Waals surface area contributed by atoms with Gasteiger partial charge in [0.15, 0.2) is 5.16 Å². The normalized spacial score (nSPS) is 14.5. The molecule has 1 heterocycles. The molecular formula is C9H15N3O3S2. The smallest absolute Gasteiger partial charge is 0.313 e. The first-order valence-electron chi connectivity index (χ1n) is 4.98. The van der Waals surface area contributed by atoms with Gasteiger partial charge in [-0.05, 0) is 13.8 Å². The molecule has 96 valence electrons. The van der Waals surface area contributed by atoms with Crippen LogP contribution in [-0.4, -0.2) is 47.8 Å². The second-order valence-corrected chi connectivity index (χ2v) is 6.09. The van der Waals surface area contributed by atoms with Crippen molar-refractivity contribution in [3.8, 4) is 0 Å². The zero-order valence-electron chi connectivity index (χ0n) is 9.91. The van der Waals surface area contributed by atoms with E-state index in [4.69, 9.17) is 5.11 Å². The van der Waals surface area contributed by atoms with Crippen LogP contribution in [0.15, 0.2) is 5.16 Å². The number of aryl methyl sites for hydroxylation is 1. The Balaban J connectivity index is 2.85. The van der Waals surface area contributed by atoms with Crippen molar-refractivity contribution in [3.63, 3.8) is 0 Å². The van der Waals surface area contributed by atoms with Gasteiger partial charge in [0.25, 0.3) is 0 Å². The number of aliphatic carboxylic acids is 1. The maximum absolute atomic E-state index is 11.2. The Bertz CT molecular complexity index is 433. The van der Waals surface area contributed by atoms with Crippen LogP contribution < -0.4 is 0 Å². The quantitative estimate of drug-likeness (QED) is 0.771. The summed E-state index contributed by atoms with van der Waals surface area (Å²) in [6, 6.07) is -0.00729. The van der Waals surface area contributed by atoms with Gasteiger partial charge in [0.05, 0.1) is 5.75 Å². The van der Waals surface area contributed by atoms with Gasteiger partial charge < -0.3 is 9.67 Å². The summed E-state index contributed by atoms with van der Waals surface area (Å²) in [4.78, 5) is 10.5. The predicted molar refractivity (Wildman–Crippen MR) is 66.8 cm³/mol. The molecular weight excluding hydrogens is 262 g/mol. The number of carbonyl (C=O) groups is 1. The predicted octanol–water partition coefficient (Wildman–Crippen LogP) is 0.703. The SMILES string of the molecule is Cc1nnc(SCC(=O)O)n1C(C)CS(C)=O. The van der Waals surface area contributed by atoms with E-state index in [-0.39, 0.29) is 11.8 Å². The highest BCUT2D eigenvalue weighted by atomic mass is 32.2. The van der Waals surface area contributed by atoms with Crippen LogP contribution in [0, 0.1) is 6.92 Å². The lowest BCUT2D eigenvalue weighted by atomic mass is 10.4. The Hall–Kier alpha value is -0.890. The van der Waals surface area contributed by atoms with Gasteiger partial charge in [0, 0.05) is 28.9 Å². The van der Waals surface area contributed by atoms with Crippen LogP contribution in [-0.2, 0) is 15.6 Å². The Labute approximate surface area is 106 Å². The molecule has 0 saturated heterocycles. The minimum Gasteiger partial charge on any atom is -0.481 e. The van der Waals surface area contributed by atoms with Crippen LogP contribution in [0.25, 0.3) is 0 Å². The topological polar surface area (TPSA) is 85.1 Å². The van der Waals surface area contributed by atoms with Crippen molar-refractivity contribution >= 4 is 28.5 Å². The first kappa shape index (κ1) is 14.2. The summed E-state index contributed by atoms with van der Waals surface area (Å²) < 4.78 is 13.0. The number of nitrogens with zero attached hydrogens (tertiary/aromatic N) is 3. The molecule has 2 unspecified atom stereocenters. The molecule has 0 amide bonds. The Morgan fingerprint density at radius 1 is 1.59 bits per heavy atom. The van der Waals surface area contributed by atoms with Crippen LogP contribution in [0.1, 0.15) is 18.8 Å². The molecule has 0 fully saturated rings. The fourth-order valence-electron chi connectivity index (χ4n) is 1.50. The van der Waals surface area contributed by atoms with Crippen molar-refractivity contribution in [3.05, 3.63) is 5.82 Å². The molecule has 0 aromatic carbocycles. The summed E-state index contributed by atoms with van der Waals surface area (Å²) in [6.07, 6.45) is 1.64. The van der Waals surface area contributed by atoms with Crippen LogP contribution in [0.5, 0.6) is 0 Å². The fraction of sp³-hybridized carbons (Fsp3) is 0.667. The molecule has 8 heteroatoms. The molecule has 17 heavy (non-hydrogen) atoms. The Morgan fingerprint density at radius 2 is 2.24 bits per heavy atom. The number of aromatic nitrogens is 3. The molecule has 1 aromatic heterocycles. The lowest BCUT2D eigenvalue weighted by Gasteiger charge is -2.15. The van der Waals surface area contributed by atoms with Crippen molar-refractivity contribution in [2.24, 2.45) is 0 Å². The van der Waals surface area contributed by atoms with E-state index in [0.29, 0.717) is 16.7 Å². The zero-order chi connectivity index (χ0) is 13.0. The van der Waals surface area contributed by atoms with E-state index in [0.717, 1.165) is 11.8 Å². The monoisotopic (exact) mass is 277 g/mol. The number of carboxylic acids is 1. The molecule has 1 rings (SSSR count). The summed E-state index contributed by atoms with van der Waals surface area (Å²) in [6.45, 7) is 3.72. The lowest BCUT2D eigenvalue weighted by Crippen LogP contribution is -2.15. The van der Waals surface area contributed by atoms with E-state index in [9.17, 15) is 9.00 Å². The van der Waals surface area contributed by atoms with E-state index in [1.807, 2.05) is 11.5 Å². The number of hydrogen-bond donors (Lipinski definition) is 1. The Kier molecular flexibility index (Phi) is 5.13. The second-order valence-electron chi connectivity index (χ2n) is 3.67. The first-order valence-corrected chi connectivity index (χ1v) is 7.69. The number of thioether (sulfide) groups is 1. The maximum Gasteiger partial charge on any atom is 0.313 e. The van der Waals surface area contributed by atoms with E-state index < -0.39 is 16.8 Å². The van der Waals surface area contributed by atoms with Gasteiger partial charge in [-0.1, -0.05) is 11.8 Å². The van der Waals surface area contributed by atoms with Gasteiger partial charge in [-0.3, -0.25) is 9.00 Å². The van der Waals surface area contributed by atoms with Crippen molar-refractivity contribution < 1.29 is 14.1 Å². The van der Waals surface area contributed by atoms with Crippen LogP contribution in [0.4, 0.5) is 0 Å². The fourth-order valence-corrected chi connectivity index (χ4v) is 3.13. The molecule has 0 radical (unpaired) electrons. The summed E-state index contributed by atoms with van der Waals surface area (Å²) in [5.41, 5.74) is 0. The molecule has 0 saturated carbocycles. The molecule has 2 atom stereocenters. The van der Waals surface area contributed by atoms with Crippen LogP contribution >= 0.6 is 11.8 Å². The molecule has 1 N–H and O–H groups in total. The van der Waals surface area contributed by atoms with Crippen molar-refractivity contribution in [1.82, 2.24) is 14.8 Å².